The average Bonchev–Trinajstić information content (AvgIpc) is 2.54. The zero-order valence-corrected chi connectivity index (χ0v) is 13.0. The lowest BCUT2D eigenvalue weighted by Gasteiger charge is -2.09. The minimum absolute atomic E-state index is 0.0353. The highest BCUT2D eigenvalue weighted by Gasteiger charge is 2.17. The summed E-state index contributed by atoms with van der Waals surface area (Å²) >= 11 is 0. The lowest BCUT2D eigenvalue weighted by atomic mass is 9.97. The van der Waals surface area contributed by atoms with Crippen LogP contribution in [0, 0.1) is 6.92 Å². The first-order valence-corrected chi connectivity index (χ1v) is 7.47. The highest BCUT2D eigenvalue weighted by Crippen LogP contribution is 2.16. The molecule has 3 heteroatoms. The minimum Gasteiger partial charge on any atom is -0.462 e. The lowest BCUT2D eigenvalue weighted by molar-refractivity contribution is 0.0523. The van der Waals surface area contributed by atoms with E-state index in [2.05, 4.69) is 0 Å². The SMILES string of the molecule is CCOC(=O)c1ccccc1C(=O)CCc1ccccc1C. The van der Waals surface area contributed by atoms with Crippen LogP contribution in [-0.2, 0) is 11.2 Å². The first-order valence-electron chi connectivity index (χ1n) is 7.47. The van der Waals surface area contributed by atoms with Gasteiger partial charge in [-0.25, -0.2) is 4.79 Å². The summed E-state index contributed by atoms with van der Waals surface area (Å²) in [4.78, 5) is 24.4. The third kappa shape index (κ3) is 3.82. The maximum Gasteiger partial charge on any atom is 0.338 e. The highest BCUT2D eigenvalue weighted by molar-refractivity contribution is 6.06. The van der Waals surface area contributed by atoms with E-state index in [-0.39, 0.29) is 5.78 Å². The number of carbonyl (C=O) groups excluding carboxylic acids is 2. The fourth-order valence-corrected chi connectivity index (χ4v) is 2.39. The van der Waals surface area contributed by atoms with Crippen molar-refractivity contribution in [2.24, 2.45) is 0 Å². The first-order chi connectivity index (χ1) is 10.6. The Hall–Kier alpha value is -2.42. The van der Waals surface area contributed by atoms with Gasteiger partial charge in [-0.2, -0.15) is 0 Å². The molecule has 0 bridgehead atoms. The van der Waals surface area contributed by atoms with Crippen LogP contribution in [0.1, 0.15) is 45.2 Å². The van der Waals surface area contributed by atoms with E-state index < -0.39 is 5.97 Å². The molecule has 0 spiro atoms. The van der Waals surface area contributed by atoms with Crippen molar-refractivity contribution in [2.45, 2.75) is 26.7 Å². The van der Waals surface area contributed by atoms with E-state index >= 15 is 0 Å². The summed E-state index contributed by atoms with van der Waals surface area (Å²) < 4.78 is 5.01. The largest absolute Gasteiger partial charge is 0.462 e. The molecule has 0 saturated heterocycles. The van der Waals surface area contributed by atoms with Crippen molar-refractivity contribution in [3.05, 3.63) is 70.8 Å². The number of rotatable bonds is 6. The molecule has 0 N–H and O–H groups in total. The number of carbonyl (C=O) groups is 2. The summed E-state index contributed by atoms with van der Waals surface area (Å²) in [7, 11) is 0. The van der Waals surface area contributed by atoms with Gasteiger partial charge in [0, 0.05) is 12.0 Å². The number of hydrogen-bond acceptors (Lipinski definition) is 3. The van der Waals surface area contributed by atoms with E-state index in [4.69, 9.17) is 4.74 Å². The summed E-state index contributed by atoms with van der Waals surface area (Å²) in [6.07, 6.45) is 1.05. The monoisotopic (exact) mass is 296 g/mol. The second kappa shape index (κ2) is 7.55. The molecule has 3 nitrogen and oxygen atoms in total. The Labute approximate surface area is 130 Å². The standard InChI is InChI=1S/C19H20O3/c1-3-22-19(21)17-11-7-6-10-16(17)18(20)13-12-15-9-5-4-8-14(15)2/h4-11H,3,12-13H2,1-2H3. The Morgan fingerprint density at radius 2 is 1.59 bits per heavy atom. The fourth-order valence-electron chi connectivity index (χ4n) is 2.39. The van der Waals surface area contributed by atoms with Crippen molar-refractivity contribution in [1.29, 1.82) is 0 Å². The zero-order chi connectivity index (χ0) is 15.9. The van der Waals surface area contributed by atoms with Crippen molar-refractivity contribution < 1.29 is 14.3 Å². The van der Waals surface area contributed by atoms with E-state index in [1.54, 1.807) is 31.2 Å². The van der Waals surface area contributed by atoms with E-state index in [1.807, 2.05) is 31.2 Å². The molecular formula is C19H20O3. The Morgan fingerprint density at radius 3 is 2.27 bits per heavy atom. The summed E-state index contributed by atoms with van der Waals surface area (Å²) in [6, 6.07) is 14.8. The molecule has 0 fully saturated rings. The molecule has 2 rings (SSSR count). The lowest BCUT2D eigenvalue weighted by Crippen LogP contribution is -2.12. The predicted molar refractivity (Wildman–Crippen MR) is 86.2 cm³/mol. The first kappa shape index (κ1) is 16.0. The van der Waals surface area contributed by atoms with Crippen molar-refractivity contribution in [3.63, 3.8) is 0 Å². The topological polar surface area (TPSA) is 43.4 Å². The van der Waals surface area contributed by atoms with Gasteiger partial charge in [0.25, 0.3) is 0 Å². The quantitative estimate of drug-likeness (QED) is 0.598. The van der Waals surface area contributed by atoms with Gasteiger partial charge in [0.05, 0.1) is 12.2 Å². The van der Waals surface area contributed by atoms with Crippen LogP contribution in [0.25, 0.3) is 0 Å². The number of Topliss-reactive ketones (excluding diaryl/α,β-unsaturated/α-hetero) is 1. The number of hydrogen-bond donors (Lipinski definition) is 0. The number of ether oxygens (including phenoxy) is 1. The third-order valence-electron chi connectivity index (χ3n) is 3.61. The smallest absolute Gasteiger partial charge is 0.338 e. The van der Waals surface area contributed by atoms with Gasteiger partial charge >= 0.3 is 5.97 Å². The Kier molecular flexibility index (Phi) is 5.48. The minimum atomic E-state index is -0.442. The van der Waals surface area contributed by atoms with Gasteiger partial charge in [-0.15, -0.1) is 0 Å². The van der Waals surface area contributed by atoms with Gasteiger partial charge in [-0.1, -0.05) is 42.5 Å². The molecule has 0 aliphatic heterocycles. The van der Waals surface area contributed by atoms with Crippen molar-refractivity contribution in [2.75, 3.05) is 6.61 Å². The molecular weight excluding hydrogens is 276 g/mol. The normalized spacial score (nSPS) is 10.3. The summed E-state index contributed by atoms with van der Waals surface area (Å²) in [5.74, 6) is -0.478. The van der Waals surface area contributed by atoms with Crippen LogP contribution < -0.4 is 0 Å². The van der Waals surface area contributed by atoms with Crippen LogP contribution >= 0.6 is 0 Å². The van der Waals surface area contributed by atoms with Crippen molar-refractivity contribution in [3.8, 4) is 0 Å². The molecule has 0 radical (unpaired) electrons. The summed E-state index contributed by atoms with van der Waals surface area (Å²) in [5.41, 5.74) is 3.12. The molecule has 0 saturated carbocycles. The van der Waals surface area contributed by atoms with Crippen molar-refractivity contribution in [1.82, 2.24) is 0 Å². The van der Waals surface area contributed by atoms with Gasteiger partial charge in [-0.3, -0.25) is 4.79 Å². The molecule has 0 amide bonds. The van der Waals surface area contributed by atoms with Gasteiger partial charge in [0.2, 0.25) is 0 Å². The number of ketones is 1. The van der Waals surface area contributed by atoms with Gasteiger partial charge in [-0.05, 0) is 37.5 Å². The maximum absolute atomic E-state index is 12.5. The average molecular weight is 296 g/mol. The van der Waals surface area contributed by atoms with Crippen LogP contribution in [0.2, 0.25) is 0 Å². The highest BCUT2D eigenvalue weighted by atomic mass is 16.5. The number of aryl methyl sites for hydroxylation is 2. The fraction of sp³-hybridized carbons (Fsp3) is 0.263. The Bertz CT molecular complexity index is 674. The second-order valence-corrected chi connectivity index (χ2v) is 5.12. The molecule has 114 valence electrons. The molecule has 0 aliphatic rings. The summed E-state index contributed by atoms with van der Waals surface area (Å²) in [6.45, 7) is 4.08. The molecule has 2 aromatic carbocycles. The van der Waals surface area contributed by atoms with Crippen molar-refractivity contribution >= 4 is 11.8 Å². The van der Waals surface area contributed by atoms with Crippen LogP contribution in [0.15, 0.2) is 48.5 Å². The molecule has 22 heavy (non-hydrogen) atoms. The van der Waals surface area contributed by atoms with Gasteiger partial charge in [0.15, 0.2) is 5.78 Å². The molecule has 0 aliphatic carbocycles. The molecule has 2 aromatic rings. The van der Waals surface area contributed by atoms with Gasteiger partial charge < -0.3 is 4.74 Å². The van der Waals surface area contributed by atoms with E-state index in [0.717, 1.165) is 5.56 Å². The van der Waals surface area contributed by atoms with Crippen LogP contribution in [0.4, 0.5) is 0 Å². The molecule has 0 atom stereocenters. The number of benzene rings is 2. The van der Waals surface area contributed by atoms with E-state index in [0.29, 0.717) is 30.6 Å². The number of esters is 1. The molecule has 0 aromatic heterocycles. The second-order valence-electron chi connectivity index (χ2n) is 5.12. The van der Waals surface area contributed by atoms with Crippen LogP contribution in [-0.4, -0.2) is 18.4 Å². The van der Waals surface area contributed by atoms with Crippen LogP contribution in [0.3, 0.4) is 0 Å². The molecule has 0 heterocycles. The predicted octanol–water partition coefficient (Wildman–Crippen LogP) is 3.99. The van der Waals surface area contributed by atoms with Gasteiger partial charge in [0.1, 0.15) is 0 Å². The summed E-state index contributed by atoms with van der Waals surface area (Å²) in [5, 5.41) is 0. The van der Waals surface area contributed by atoms with E-state index in [1.165, 1.54) is 5.56 Å². The third-order valence-corrected chi connectivity index (χ3v) is 3.61. The zero-order valence-electron chi connectivity index (χ0n) is 13.0. The Morgan fingerprint density at radius 1 is 0.955 bits per heavy atom. The Balaban J connectivity index is 2.13. The van der Waals surface area contributed by atoms with Crippen LogP contribution in [0.5, 0.6) is 0 Å². The maximum atomic E-state index is 12.5. The van der Waals surface area contributed by atoms with E-state index in [9.17, 15) is 9.59 Å². The molecule has 0 unspecified atom stereocenters.